The van der Waals surface area contributed by atoms with Crippen LogP contribution in [0.25, 0.3) is 10.9 Å². The molecule has 1 N–H and O–H groups in total. The number of methoxy groups -OCH3 is 1. The maximum absolute atomic E-state index is 13.0. The van der Waals surface area contributed by atoms with E-state index in [4.69, 9.17) is 9.47 Å². The number of rotatable bonds is 6. The molecule has 0 fully saturated rings. The fourth-order valence-corrected chi connectivity index (χ4v) is 3.72. The van der Waals surface area contributed by atoms with Crippen molar-refractivity contribution >= 4 is 28.9 Å². The van der Waals surface area contributed by atoms with Gasteiger partial charge >= 0.3 is 18.2 Å². The number of amides is 1. The number of ether oxygens (including phenoxy) is 2. The number of para-hydroxylation sites is 1. The first-order valence-electron chi connectivity index (χ1n) is 11.1. The predicted octanol–water partition coefficient (Wildman–Crippen LogP) is 4.89. The molecule has 0 bridgehead atoms. The second kappa shape index (κ2) is 10.4. The van der Waals surface area contributed by atoms with Gasteiger partial charge in [-0.1, -0.05) is 36.4 Å². The molecular formula is C26H27F3N2O5. The first-order valence-corrected chi connectivity index (χ1v) is 11.1. The zero-order valence-corrected chi connectivity index (χ0v) is 20.3. The molecule has 10 heteroatoms. The summed E-state index contributed by atoms with van der Waals surface area (Å²) >= 11 is 0. The Kier molecular flexibility index (Phi) is 7.76. The third-order valence-corrected chi connectivity index (χ3v) is 5.25. The van der Waals surface area contributed by atoms with Crippen molar-refractivity contribution in [2.75, 3.05) is 7.11 Å². The summed E-state index contributed by atoms with van der Waals surface area (Å²) in [5.41, 5.74) is -0.319. The third kappa shape index (κ3) is 6.65. The molecule has 0 saturated heterocycles. The average molecular weight is 505 g/mol. The standard InChI is InChI=1S/C26H27F3N2O5/c1-25(2,3)36-24(34)31-15-17(19-10-5-6-11-21(19)31)14-20(23(33)35-4)30-22(32)13-16-8-7-9-18(12-16)26(27,28)29/h5-12,15,20H,13-14H2,1-4H3,(H,30,32)/t20-/m1/s1. The monoisotopic (exact) mass is 504 g/mol. The van der Waals surface area contributed by atoms with E-state index < -0.39 is 41.4 Å². The molecule has 3 rings (SSSR count). The van der Waals surface area contributed by atoms with Gasteiger partial charge in [-0.25, -0.2) is 9.59 Å². The van der Waals surface area contributed by atoms with Crippen LogP contribution in [0.3, 0.4) is 0 Å². The molecule has 0 aliphatic carbocycles. The Labute approximate surface area is 206 Å². The van der Waals surface area contributed by atoms with Gasteiger partial charge in [0.2, 0.25) is 5.91 Å². The number of halogens is 3. The number of nitrogens with zero attached hydrogens (tertiary/aromatic N) is 1. The first kappa shape index (κ1) is 26.8. The van der Waals surface area contributed by atoms with Gasteiger partial charge in [-0.05, 0) is 44.0 Å². The van der Waals surface area contributed by atoms with E-state index in [-0.39, 0.29) is 18.4 Å². The number of fused-ring (bicyclic) bond motifs is 1. The molecule has 1 atom stereocenters. The maximum atomic E-state index is 13.0. The van der Waals surface area contributed by atoms with Crippen LogP contribution in [0.2, 0.25) is 0 Å². The minimum Gasteiger partial charge on any atom is -0.467 e. The molecule has 0 radical (unpaired) electrons. The SMILES string of the molecule is COC(=O)[C@@H](Cc1cn(C(=O)OC(C)(C)C)c2ccccc12)NC(=O)Cc1cccc(C(F)(F)F)c1. The van der Waals surface area contributed by atoms with Gasteiger partial charge in [0, 0.05) is 18.0 Å². The molecule has 2 aromatic carbocycles. The highest BCUT2D eigenvalue weighted by Crippen LogP contribution is 2.29. The number of aromatic nitrogens is 1. The van der Waals surface area contributed by atoms with Crippen LogP contribution >= 0.6 is 0 Å². The van der Waals surface area contributed by atoms with E-state index in [1.807, 2.05) is 0 Å². The van der Waals surface area contributed by atoms with E-state index in [1.54, 1.807) is 45.0 Å². The van der Waals surface area contributed by atoms with Crippen molar-refractivity contribution in [3.63, 3.8) is 0 Å². The van der Waals surface area contributed by atoms with Crippen LogP contribution in [-0.4, -0.2) is 41.3 Å². The fraction of sp³-hybridized carbons (Fsp3) is 0.346. The van der Waals surface area contributed by atoms with Gasteiger partial charge in [-0.3, -0.25) is 9.36 Å². The molecule has 192 valence electrons. The topological polar surface area (TPSA) is 86.6 Å². The Morgan fingerprint density at radius 1 is 1.03 bits per heavy atom. The lowest BCUT2D eigenvalue weighted by Crippen LogP contribution is -2.43. The number of esters is 1. The lowest BCUT2D eigenvalue weighted by atomic mass is 10.0. The number of alkyl halides is 3. The number of carbonyl (C=O) groups excluding carboxylic acids is 3. The van der Waals surface area contributed by atoms with Crippen LogP contribution < -0.4 is 5.32 Å². The fourth-order valence-electron chi connectivity index (χ4n) is 3.72. The molecule has 0 saturated carbocycles. The summed E-state index contributed by atoms with van der Waals surface area (Å²) in [5, 5.41) is 3.21. The number of hydrogen-bond donors (Lipinski definition) is 1. The molecule has 1 heterocycles. The van der Waals surface area contributed by atoms with Gasteiger partial charge in [0.15, 0.2) is 0 Å². The average Bonchev–Trinajstić information content (AvgIpc) is 3.15. The van der Waals surface area contributed by atoms with Crippen LogP contribution in [0.15, 0.2) is 54.7 Å². The normalized spacial score (nSPS) is 12.8. The summed E-state index contributed by atoms with van der Waals surface area (Å²) in [6.07, 6.45) is -3.99. The second-order valence-corrected chi connectivity index (χ2v) is 9.24. The molecule has 3 aromatic rings. The van der Waals surface area contributed by atoms with Crippen molar-refractivity contribution in [2.45, 2.75) is 51.4 Å². The molecule has 0 spiro atoms. The molecule has 0 aliphatic rings. The van der Waals surface area contributed by atoms with E-state index in [2.05, 4.69) is 5.32 Å². The zero-order chi connectivity index (χ0) is 26.7. The third-order valence-electron chi connectivity index (χ3n) is 5.25. The van der Waals surface area contributed by atoms with Crippen molar-refractivity contribution < 1.29 is 37.0 Å². The van der Waals surface area contributed by atoms with E-state index in [1.165, 1.54) is 22.9 Å². The summed E-state index contributed by atoms with van der Waals surface area (Å²) in [4.78, 5) is 37.9. The van der Waals surface area contributed by atoms with Gasteiger partial charge < -0.3 is 14.8 Å². The minimum atomic E-state index is -4.54. The van der Waals surface area contributed by atoms with Gasteiger partial charge in [0.05, 0.1) is 24.6 Å². The Morgan fingerprint density at radius 3 is 2.36 bits per heavy atom. The van der Waals surface area contributed by atoms with Crippen molar-refractivity contribution in [3.8, 4) is 0 Å². The molecule has 0 aliphatic heterocycles. The summed E-state index contributed by atoms with van der Waals surface area (Å²) in [5.74, 6) is -1.39. The Morgan fingerprint density at radius 2 is 1.72 bits per heavy atom. The summed E-state index contributed by atoms with van der Waals surface area (Å²) in [6, 6.07) is 10.3. The van der Waals surface area contributed by atoms with Crippen molar-refractivity contribution in [1.29, 1.82) is 0 Å². The van der Waals surface area contributed by atoms with Crippen LogP contribution in [0.4, 0.5) is 18.0 Å². The van der Waals surface area contributed by atoms with E-state index >= 15 is 0 Å². The van der Waals surface area contributed by atoms with Crippen molar-refractivity contribution in [3.05, 3.63) is 71.4 Å². The minimum absolute atomic E-state index is 0.0166. The first-order chi connectivity index (χ1) is 16.8. The highest BCUT2D eigenvalue weighted by atomic mass is 19.4. The summed E-state index contributed by atoms with van der Waals surface area (Å²) in [6.45, 7) is 5.22. The van der Waals surface area contributed by atoms with Gasteiger partial charge in [0.25, 0.3) is 0 Å². The second-order valence-electron chi connectivity index (χ2n) is 9.24. The molecule has 1 aromatic heterocycles. The van der Waals surface area contributed by atoms with Crippen LogP contribution in [0.5, 0.6) is 0 Å². The number of benzene rings is 2. The van der Waals surface area contributed by atoms with Crippen LogP contribution in [0, 0.1) is 0 Å². The van der Waals surface area contributed by atoms with Gasteiger partial charge in [-0.2, -0.15) is 13.2 Å². The predicted molar refractivity (Wildman–Crippen MR) is 126 cm³/mol. The molecule has 1 amide bonds. The van der Waals surface area contributed by atoms with Crippen molar-refractivity contribution in [1.82, 2.24) is 9.88 Å². The Bertz CT molecular complexity index is 1270. The number of carbonyl (C=O) groups is 3. The summed E-state index contributed by atoms with van der Waals surface area (Å²) in [7, 11) is 1.16. The smallest absolute Gasteiger partial charge is 0.419 e. The quantitative estimate of drug-likeness (QED) is 0.484. The maximum Gasteiger partial charge on any atom is 0.419 e. The van der Waals surface area contributed by atoms with Gasteiger partial charge in [0.1, 0.15) is 11.6 Å². The van der Waals surface area contributed by atoms with E-state index in [9.17, 15) is 27.6 Å². The molecule has 0 unspecified atom stereocenters. The lowest BCUT2D eigenvalue weighted by Gasteiger charge is -2.19. The van der Waals surface area contributed by atoms with Crippen LogP contribution in [0.1, 0.15) is 37.5 Å². The molecule has 7 nitrogen and oxygen atoms in total. The summed E-state index contributed by atoms with van der Waals surface area (Å²) < 4.78 is 50.6. The Balaban J connectivity index is 1.84. The number of hydrogen-bond acceptors (Lipinski definition) is 5. The van der Waals surface area contributed by atoms with E-state index in [0.717, 1.165) is 19.2 Å². The van der Waals surface area contributed by atoms with Gasteiger partial charge in [-0.15, -0.1) is 0 Å². The Hall–Kier alpha value is -3.82. The lowest BCUT2D eigenvalue weighted by molar-refractivity contribution is -0.145. The zero-order valence-electron chi connectivity index (χ0n) is 20.3. The van der Waals surface area contributed by atoms with Crippen LogP contribution in [-0.2, 0) is 38.1 Å². The highest BCUT2D eigenvalue weighted by molar-refractivity contribution is 5.93. The highest BCUT2D eigenvalue weighted by Gasteiger charge is 2.31. The van der Waals surface area contributed by atoms with E-state index in [0.29, 0.717) is 16.5 Å². The molecule has 36 heavy (non-hydrogen) atoms. The van der Waals surface area contributed by atoms with Crippen molar-refractivity contribution in [2.24, 2.45) is 0 Å². The largest absolute Gasteiger partial charge is 0.467 e. The number of nitrogens with one attached hydrogen (secondary N) is 1. The molecular weight excluding hydrogens is 477 g/mol.